The lowest BCUT2D eigenvalue weighted by Gasteiger charge is -1.90. The van der Waals surface area contributed by atoms with Crippen molar-refractivity contribution in [3.63, 3.8) is 0 Å². The van der Waals surface area contributed by atoms with Crippen LogP contribution in [0.25, 0.3) is 0 Å². The van der Waals surface area contributed by atoms with Gasteiger partial charge in [-0.15, -0.1) is 0 Å². The number of hydrogen-bond donors (Lipinski definition) is 1. The van der Waals surface area contributed by atoms with Gasteiger partial charge in [0.1, 0.15) is 4.60 Å². The van der Waals surface area contributed by atoms with E-state index in [4.69, 9.17) is 0 Å². The van der Waals surface area contributed by atoms with E-state index < -0.39 is 10.7 Å². The molecule has 0 spiro atoms. The van der Waals surface area contributed by atoms with Gasteiger partial charge in [0, 0.05) is 6.20 Å². The molecule has 1 aromatic heterocycles. The molecule has 1 aromatic rings. The Morgan fingerprint density at radius 1 is 1.50 bits per heavy atom. The number of aromatic nitrogens is 1. The summed E-state index contributed by atoms with van der Waals surface area (Å²) in [5, 5.41) is 0. The minimum absolute atomic E-state index is 0.220. The van der Waals surface area contributed by atoms with Gasteiger partial charge in [-0.3, -0.25) is 0 Å². The SMILES string of the molecule is O=[SH](=O)c1cccnc1Br. The van der Waals surface area contributed by atoms with Crippen LogP contribution in [0.2, 0.25) is 0 Å². The van der Waals surface area contributed by atoms with Crippen molar-refractivity contribution in [3.8, 4) is 0 Å². The molecule has 0 saturated carbocycles. The van der Waals surface area contributed by atoms with Gasteiger partial charge < -0.3 is 0 Å². The zero-order valence-electron chi connectivity index (χ0n) is 4.82. The lowest BCUT2D eigenvalue weighted by molar-refractivity contribution is 0.613. The van der Waals surface area contributed by atoms with Crippen LogP contribution in [0, 0.1) is 0 Å². The van der Waals surface area contributed by atoms with E-state index in [2.05, 4.69) is 20.9 Å². The molecule has 10 heavy (non-hydrogen) atoms. The summed E-state index contributed by atoms with van der Waals surface area (Å²) < 4.78 is 21.1. The topological polar surface area (TPSA) is 47.0 Å². The van der Waals surface area contributed by atoms with E-state index in [1.807, 2.05) is 0 Å². The van der Waals surface area contributed by atoms with E-state index in [1.165, 1.54) is 12.3 Å². The summed E-state index contributed by atoms with van der Waals surface area (Å²) in [6, 6.07) is 3.06. The third kappa shape index (κ3) is 1.54. The first-order chi connectivity index (χ1) is 4.72. The molecule has 1 heterocycles. The van der Waals surface area contributed by atoms with Gasteiger partial charge in [0.25, 0.3) is 0 Å². The Kier molecular flexibility index (Phi) is 2.39. The monoisotopic (exact) mass is 221 g/mol. The lowest BCUT2D eigenvalue weighted by Crippen LogP contribution is -1.83. The summed E-state index contributed by atoms with van der Waals surface area (Å²) >= 11 is 3.00. The maximum Gasteiger partial charge on any atom is 0.170 e. The summed E-state index contributed by atoms with van der Waals surface area (Å²) in [4.78, 5) is 3.95. The summed E-state index contributed by atoms with van der Waals surface area (Å²) in [6.07, 6.45) is 1.52. The van der Waals surface area contributed by atoms with Gasteiger partial charge in [-0.1, -0.05) is 0 Å². The number of thiol groups is 1. The van der Waals surface area contributed by atoms with Gasteiger partial charge in [-0.2, -0.15) is 0 Å². The van der Waals surface area contributed by atoms with Crippen molar-refractivity contribution in [1.29, 1.82) is 0 Å². The zero-order chi connectivity index (χ0) is 7.56. The predicted molar refractivity (Wildman–Crippen MR) is 40.5 cm³/mol. The first-order valence-corrected chi connectivity index (χ1v) is 4.44. The van der Waals surface area contributed by atoms with Gasteiger partial charge in [0.2, 0.25) is 0 Å². The highest BCUT2D eigenvalue weighted by molar-refractivity contribution is 9.10. The van der Waals surface area contributed by atoms with E-state index in [-0.39, 0.29) is 4.90 Å². The molecule has 1 rings (SSSR count). The Hall–Kier alpha value is -0.420. The van der Waals surface area contributed by atoms with Gasteiger partial charge in [0.05, 0.1) is 4.90 Å². The van der Waals surface area contributed by atoms with Crippen molar-refractivity contribution in [3.05, 3.63) is 22.9 Å². The molecule has 5 heteroatoms. The molecule has 0 aliphatic heterocycles. The van der Waals surface area contributed by atoms with Gasteiger partial charge in [-0.05, 0) is 28.1 Å². The van der Waals surface area contributed by atoms with Crippen molar-refractivity contribution in [2.75, 3.05) is 0 Å². The Balaban J connectivity index is 3.28. The largest absolute Gasteiger partial charge is 0.248 e. The zero-order valence-corrected chi connectivity index (χ0v) is 7.30. The fraction of sp³-hybridized carbons (Fsp3) is 0. The Morgan fingerprint density at radius 2 is 2.20 bits per heavy atom. The minimum Gasteiger partial charge on any atom is -0.248 e. The van der Waals surface area contributed by atoms with Crippen LogP contribution in [0.3, 0.4) is 0 Å². The summed E-state index contributed by atoms with van der Waals surface area (Å²) in [5.74, 6) is 0. The van der Waals surface area contributed by atoms with Gasteiger partial charge in [-0.25, -0.2) is 13.4 Å². The van der Waals surface area contributed by atoms with Crippen LogP contribution in [0.1, 0.15) is 0 Å². The van der Waals surface area contributed by atoms with Crippen LogP contribution in [-0.4, -0.2) is 13.4 Å². The average Bonchev–Trinajstić information content (AvgIpc) is 1.88. The summed E-state index contributed by atoms with van der Waals surface area (Å²) in [5.41, 5.74) is 0. The van der Waals surface area contributed by atoms with Crippen LogP contribution in [0.5, 0.6) is 0 Å². The van der Waals surface area contributed by atoms with Crippen molar-refractivity contribution in [1.82, 2.24) is 4.98 Å². The summed E-state index contributed by atoms with van der Waals surface area (Å²) in [6.45, 7) is 0. The minimum atomic E-state index is -2.53. The highest BCUT2D eigenvalue weighted by Gasteiger charge is 1.99. The smallest absolute Gasteiger partial charge is 0.170 e. The second-order valence-electron chi connectivity index (χ2n) is 1.57. The van der Waals surface area contributed by atoms with Crippen LogP contribution in [0.4, 0.5) is 0 Å². The highest BCUT2D eigenvalue weighted by Crippen LogP contribution is 2.12. The number of pyridine rings is 1. The average molecular weight is 222 g/mol. The molecule has 0 aliphatic rings. The van der Waals surface area contributed by atoms with Crippen molar-refractivity contribution in [2.45, 2.75) is 4.90 Å². The number of rotatable bonds is 1. The molecule has 0 fully saturated rings. The van der Waals surface area contributed by atoms with E-state index in [1.54, 1.807) is 6.07 Å². The van der Waals surface area contributed by atoms with Crippen molar-refractivity contribution < 1.29 is 8.42 Å². The fourth-order valence-corrected chi connectivity index (χ4v) is 1.61. The Bertz CT molecular complexity index is 302. The third-order valence-electron chi connectivity index (χ3n) is 0.936. The molecule has 0 atom stereocenters. The number of nitrogens with zero attached hydrogens (tertiary/aromatic N) is 1. The summed E-state index contributed by atoms with van der Waals surface area (Å²) in [7, 11) is -2.53. The van der Waals surface area contributed by atoms with Gasteiger partial charge >= 0.3 is 0 Å². The number of halogens is 1. The first-order valence-electron chi connectivity index (χ1n) is 2.46. The maximum atomic E-state index is 10.4. The van der Waals surface area contributed by atoms with E-state index in [0.717, 1.165) is 0 Å². The van der Waals surface area contributed by atoms with E-state index >= 15 is 0 Å². The van der Waals surface area contributed by atoms with Crippen LogP contribution >= 0.6 is 15.9 Å². The second kappa shape index (κ2) is 3.12. The second-order valence-corrected chi connectivity index (χ2v) is 3.32. The van der Waals surface area contributed by atoms with Crippen LogP contribution in [0.15, 0.2) is 27.8 Å². The molecule has 0 bridgehead atoms. The fourth-order valence-electron chi connectivity index (χ4n) is 0.514. The third-order valence-corrected chi connectivity index (χ3v) is 2.63. The molecule has 3 nitrogen and oxygen atoms in total. The molecule has 0 aliphatic carbocycles. The number of hydrogen-bond acceptors (Lipinski definition) is 3. The molecular weight excluding hydrogens is 218 g/mol. The molecule has 0 radical (unpaired) electrons. The molecule has 0 aromatic carbocycles. The predicted octanol–water partition coefficient (Wildman–Crippen LogP) is 0.814. The standard InChI is InChI=1S/C5H4BrNO2S/c6-5-4(10(8)9)2-1-3-7-5/h1-3,10H. The molecular formula is C5H4BrNO2S. The quantitative estimate of drug-likeness (QED) is 0.565. The van der Waals surface area contributed by atoms with Crippen molar-refractivity contribution in [2.24, 2.45) is 0 Å². The first kappa shape index (κ1) is 7.68. The Morgan fingerprint density at radius 3 is 2.60 bits per heavy atom. The van der Waals surface area contributed by atoms with Gasteiger partial charge in [0.15, 0.2) is 10.7 Å². The molecule has 0 N–H and O–H groups in total. The van der Waals surface area contributed by atoms with Crippen LogP contribution in [-0.2, 0) is 10.7 Å². The van der Waals surface area contributed by atoms with E-state index in [0.29, 0.717) is 4.60 Å². The molecule has 0 amide bonds. The van der Waals surface area contributed by atoms with E-state index in [9.17, 15) is 8.42 Å². The molecule has 0 unspecified atom stereocenters. The molecule has 0 saturated heterocycles. The van der Waals surface area contributed by atoms with Crippen molar-refractivity contribution >= 4 is 26.6 Å². The Labute approximate surface area is 68.2 Å². The molecule has 54 valence electrons. The normalized spacial score (nSPS) is 10.2. The maximum absolute atomic E-state index is 10.4. The highest BCUT2D eigenvalue weighted by atomic mass is 79.9. The van der Waals surface area contributed by atoms with Crippen LogP contribution < -0.4 is 0 Å². The lowest BCUT2D eigenvalue weighted by atomic mass is 10.5.